The number of amides is 1. The molecule has 1 amide bonds. The van der Waals surface area contributed by atoms with E-state index in [2.05, 4.69) is 15.3 Å². The number of carbonyl (C=O) groups excluding carboxylic acids is 2. The Kier molecular flexibility index (Phi) is 4.35. The Morgan fingerprint density at radius 2 is 1.84 bits per heavy atom. The molecule has 1 aromatic carbocycles. The zero-order valence-electron chi connectivity index (χ0n) is 13.3. The van der Waals surface area contributed by atoms with Crippen LogP contribution in [0.25, 0.3) is 0 Å². The third-order valence-corrected chi connectivity index (χ3v) is 3.57. The van der Waals surface area contributed by atoms with Gasteiger partial charge in [0.1, 0.15) is 11.8 Å². The van der Waals surface area contributed by atoms with Gasteiger partial charge in [-0.2, -0.15) is 5.26 Å². The first-order valence-electron chi connectivity index (χ1n) is 7.38. The van der Waals surface area contributed by atoms with Gasteiger partial charge in [0.25, 0.3) is 5.91 Å². The zero-order chi connectivity index (χ0) is 17.8. The first-order chi connectivity index (χ1) is 12.1. The fourth-order valence-corrected chi connectivity index (χ4v) is 2.25. The predicted octanol–water partition coefficient (Wildman–Crippen LogP) is 2.17. The number of imidazole rings is 1. The smallest absolute Gasteiger partial charge is 0.255 e. The number of aryl methyl sites for hydroxylation is 1. The molecule has 0 spiro atoms. The molecule has 2 heterocycles. The molecule has 0 saturated carbocycles. The highest BCUT2D eigenvalue weighted by atomic mass is 16.1. The summed E-state index contributed by atoms with van der Waals surface area (Å²) in [6.45, 7) is 0. The maximum atomic E-state index is 12.3. The highest BCUT2D eigenvalue weighted by Gasteiger charge is 2.14. The second kappa shape index (κ2) is 6.76. The van der Waals surface area contributed by atoms with Gasteiger partial charge in [0.2, 0.25) is 5.78 Å². The normalized spacial score (nSPS) is 10.1. The van der Waals surface area contributed by atoms with Crippen molar-refractivity contribution in [3.63, 3.8) is 0 Å². The minimum absolute atomic E-state index is 0.170. The second-order valence-corrected chi connectivity index (χ2v) is 5.26. The second-order valence-electron chi connectivity index (χ2n) is 5.26. The van der Waals surface area contributed by atoms with Crippen LogP contribution >= 0.6 is 0 Å². The van der Waals surface area contributed by atoms with E-state index in [0.717, 1.165) is 0 Å². The number of nitrogens with zero attached hydrogens (tertiary/aromatic N) is 4. The maximum Gasteiger partial charge on any atom is 0.255 e. The Labute approximate surface area is 143 Å². The lowest BCUT2D eigenvalue weighted by atomic mass is 10.1. The van der Waals surface area contributed by atoms with Gasteiger partial charge in [0.05, 0.1) is 0 Å². The van der Waals surface area contributed by atoms with Crippen LogP contribution in [0.1, 0.15) is 32.2 Å². The van der Waals surface area contributed by atoms with Crippen LogP contribution in [0, 0.1) is 11.3 Å². The van der Waals surface area contributed by atoms with Gasteiger partial charge >= 0.3 is 0 Å². The lowest BCUT2D eigenvalue weighted by Crippen LogP contribution is -2.13. The molecular weight excluding hydrogens is 318 g/mol. The predicted molar refractivity (Wildman–Crippen MR) is 90.0 cm³/mol. The molecule has 122 valence electrons. The van der Waals surface area contributed by atoms with E-state index in [-0.39, 0.29) is 17.4 Å². The van der Waals surface area contributed by atoms with Gasteiger partial charge < -0.3 is 9.88 Å². The number of hydrogen-bond acceptors (Lipinski definition) is 5. The Balaban J connectivity index is 1.74. The van der Waals surface area contributed by atoms with E-state index in [4.69, 9.17) is 5.26 Å². The summed E-state index contributed by atoms with van der Waals surface area (Å²) in [5.41, 5.74) is 1.52. The topological polar surface area (TPSA) is 101 Å². The van der Waals surface area contributed by atoms with Crippen molar-refractivity contribution in [3.8, 4) is 6.07 Å². The maximum absolute atomic E-state index is 12.3. The summed E-state index contributed by atoms with van der Waals surface area (Å²) in [6, 6.07) is 11.3. The number of pyridine rings is 1. The highest BCUT2D eigenvalue weighted by Crippen LogP contribution is 2.14. The van der Waals surface area contributed by atoms with Crippen LogP contribution in [0.3, 0.4) is 0 Å². The monoisotopic (exact) mass is 331 g/mol. The van der Waals surface area contributed by atoms with Crippen molar-refractivity contribution in [2.24, 2.45) is 7.05 Å². The molecule has 0 atom stereocenters. The van der Waals surface area contributed by atoms with Gasteiger partial charge in [-0.1, -0.05) is 0 Å². The molecule has 0 aliphatic heterocycles. The number of hydrogen-bond donors (Lipinski definition) is 1. The lowest BCUT2D eigenvalue weighted by Gasteiger charge is -2.06. The highest BCUT2D eigenvalue weighted by molar-refractivity contribution is 6.07. The van der Waals surface area contributed by atoms with Gasteiger partial charge in [-0.25, -0.2) is 9.97 Å². The van der Waals surface area contributed by atoms with Crippen LogP contribution in [0.2, 0.25) is 0 Å². The molecule has 7 heteroatoms. The van der Waals surface area contributed by atoms with Crippen molar-refractivity contribution >= 4 is 17.4 Å². The van der Waals surface area contributed by atoms with Gasteiger partial charge in [-0.05, 0) is 36.4 Å². The summed E-state index contributed by atoms with van der Waals surface area (Å²) in [4.78, 5) is 32.4. The summed E-state index contributed by atoms with van der Waals surface area (Å²) in [6.07, 6.45) is 4.67. The molecule has 0 radical (unpaired) electrons. The summed E-state index contributed by atoms with van der Waals surface area (Å²) < 4.78 is 1.65. The molecular formula is C18H13N5O2. The van der Waals surface area contributed by atoms with Crippen LogP contribution in [-0.4, -0.2) is 26.2 Å². The van der Waals surface area contributed by atoms with Crippen LogP contribution in [0.15, 0.2) is 55.0 Å². The molecule has 0 fully saturated rings. The summed E-state index contributed by atoms with van der Waals surface area (Å²) in [5, 5.41) is 11.5. The number of benzene rings is 1. The Morgan fingerprint density at radius 3 is 2.48 bits per heavy atom. The first-order valence-corrected chi connectivity index (χ1v) is 7.38. The lowest BCUT2D eigenvalue weighted by molar-refractivity contribution is 0.102. The van der Waals surface area contributed by atoms with Crippen molar-refractivity contribution in [2.75, 3.05) is 5.32 Å². The Bertz CT molecular complexity index is 983. The largest absolute Gasteiger partial charge is 0.331 e. The van der Waals surface area contributed by atoms with Crippen molar-refractivity contribution in [2.45, 2.75) is 0 Å². The number of aromatic nitrogens is 3. The van der Waals surface area contributed by atoms with Gasteiger partial charge in [0.15, 0.2) is 5.82 Å². The van der Waals surface area contributed by atoms with Gasteiger partial charge in [0, 0.05) is 42.5 Å². The molecule has 7 nitrogen and oxygen atoms in total. The number of ketones is 1. The van der Waals surface area contributed by atoms with E-state index in [1.54, 1.807) is 48.3 Å². The van der Waals surface area contributed by atoms with E-state index in [1.807, 2.05) is 6.07 Å². The van der Waals surface area contributed by atoms with E-state index in [0.29, 0.717) is 22.6 Å². The zero-order valence-corrected chi connectivity index (χ0v) is 13.3. The van der Waals surface area contributed by atoms with Crippen LogP contribution in [0.5, 0.6) is 0 Å². The van der Waals surface area contributed by atoms with Gasteiger partial charge in [-0.3, -0.25) is 9.59 Å². The molecule has 3 aromatic rings. The molecule has 3 rings (SSSR count). The van der Waals surface area contributed by atoms with Crippen molar-refractivity contribution in [1.29, 1.82) is 5.26 Å². The fourth-order valence-electron chi connectivity index (χ4n) is 2.25. The molecule has 25 heavy (non-hydrogen) atoms. The summed E-state index contributed by atoms with van der Waals surface area (Å²) in [7, 11) is 1.75. The molecule has 1 N–H and O–H groups in total. The first kappa shape index (κ1) is 16.1. The Hall–Kier alpha value is -3.79. The molecule has 0 unspecified atom stereocenters. The number of carbonyl (C=O) groups is 2. The average Bonchev–Trinajstić information content (AvgIpc) is 3.07. The van der Waals surface area contributed by atoms with Crippen molar-refractivity contribution < 1.29 is 9.59 Å². The molecule has 0 saturated heterocycles. The number of nitrogens with one attached hydrogen (secondary N) is 1. The third-order valence-electron chi connectivity index (χ3n) is 3.57. The van der Waals surface area contributed by atoms with Crippen LogP contribution < -0.4 is 5.32 Å². The summed E-state index contributed by atoms with van der Waals surface area (Å²) in [5.74, 6) is -0.210. The molecule has 2 aromatic heterocycles. The minimum atomic E-state index is -0.359. The van der Waals surface area contributed by atoms with E-state index in [1.165, 1.54) is 18.3 Å². The third kappa shape index (κ3) is 3.43. The molecule has 0 aliphatic rings. The SMILES string of the molecule is Cn1ccnc1C(=O)c1ccc(NC(=O)c2ccnc(C#N)c2)cc1. The average molecular weight is 331 g/mol. The number of nitriles is 1. The van der Waals surface area contributed by atoms with Crippen LogP contribution in [0.4, 0.5) is 5.69 Å². The van der Waals surface area contributed by atoms with Crippen molar-refractivity contribution in [1.82, 2.24) is 14.5 Å². The van der Waals surface area contributed by atoms with E-state index in [9.17, 15) is 9.59 Å². The number of anilines is 1. The standard InChI is InChI=1S/C18H13N5O2/c1-23-9-8-21-17(23)16(24)12-2-4-14(5-3-12)22-18(25)13-6-7-20-15(10-13)11-19/h2-10H,1H3,(H,22,25). The van der Waals surface area contributed by atoms with E-state index < -0.39 is 0 Å². The van der Waals surface area contributed by atoms with Crippen molar-refractivity contribution in [3.05, 3.63) is 77.6 Å². The fraction of sp³-hybridized carbons (Fsp3) is 0.0556. The van der Waals surface area contributed by atoms with E-state index >= 15 is 0 Å². The minimum Gasteiger partial charge on any atom is -0.331 e. The van der Waals surface area contributed by atoms with Crippen LogP contribution in [-0.2, 0) is 7.05 Å². The Morgan fingerprint density at radius 1 is 1.08 bits per heavy atom. The molecule has 0 bridgehead atoms. The molecule has 0 aliphatic carbocycles. The number of rotatable bonds is 4. The van der Waals surface area contributed by atoms with Gasteiger partial charge in [-0.15, -0.1) is 0 Å². The quantitative estimate of drug-likeness (QED) is 0.738. The summed E-state index contributed by atoms with van der Waals surface area (Å²) >= 11 is 0.